The number of likely N-dealkylation sites (tertiary alicyclic amines) is 1. The van der Waals surface area contributed by atoms with Crippen molar-refractivity contribution in [3.05, 3.63) is 30.6 Å². The smallest absolute Gasteiger partial charge is 0.222 e. The lowest BCUT2D eigenvalue weighted by Crippen LogP contribution is -2.27. The Hall–Kier alpha value is -3.16. The van der Waals surface area contributed by atoms with Crippen molar-refractivity contribution >= 4 is 28.6 Å². The number of fused-ring (bicyclic) bond motifs is 1. The van der Waals surface area contributed by atoms with Crippen LogP contribution < -0.4 is 11.1 Å². The van der Waals surface area contributed by atoms with Crippen molar-refractivity contribution in [2.45, 2.75) is 39.2 Å². The number of carbonyl (C=O) groups excluding carboxylic acids is 1. The first-order valence-electron chi connectivity index (χ1n) is 10.1. The summed E-state index contributed by atoms with van der Waals surface area (Å²) in [5, 5.41) is 3.41. The van der Waals surface area contributed by atoms with E-state index in [0.29, 0.717) is 30.3 Å². The number of hydrogen-bond acceptors (Lipinski definition) is 6. The Morgan fingerprint density at radius 2 is 2.14 bits per heavy atom. The predicted octanol–water partition coefficient (Wildman–Crippen LogP) is 3.08. The second-order valence-corrected chi connectivity index (χ2v) is 7.70. The first-order valence-corrected chi connectivity index (χ1v) is 10.1. The largest absolute Gasteiger partial charge is 0.399 e. The first kappa shape index (κ1) is 19.2. The highest BCUT2D eigenvalue weighted by molar-refractivity contribution is 5.85. The summed E-state index contributed by atoms with van der Waals surface area (Å²) >= 11 is 0. The standard InChI is InChI=1S/C21H27N7O/c1-14(2)28-13-24-18-20(23-9-5-11-27-10-4-8-17(27)29)25-19(26-21(18)28)15-6-3-7-16(22)12-15/h3,6-7,12-14H,4-5,8-11,22H2,1-2H3,(H,23,25,26). The summed E-state index contributed by atoms with van der Waals surface area (Å²) in [7, 11) is 0. The van der Waals surface area contributed by atoms with E-state index < -0.39 is 0 Å². The number of anilines is 2. The summed E-state index contributed by atoms with van der Waals surface area (Å²) in [6.45, 7) is 6.55. The summed E-state index contributed by atoms with van der Waals surface area (Å²) in [6.07, 6.45) is 4.31. The number of amides is 1. The van der Waals surface area contributed by atoms with Crippen LogP contribution in [0.25, 0.3) is 22.6 Å². The van der Waals surface area contributed by atoms with Gasteiger partial charge in [0.2, 0.25) is 5.91 Å². The highest BCUT2D eigenvalue weighted by atomic mass is 16.2. The van der Waals surface area contributed by atoms with E-state index >= 15 is 0 Å². The maximum Gasteiger partial charge on any atom is 0.222 e. The number of aromatic nitrogens is 4. The summed E-state index contributed by atoms with van der Waals surface area (Å²) in [5.74, 6) is 1.58. The van der Waals surface area contributed by atoms with Gasteiger partial charge in [0.05, 0.1) is 6.33 Å². The minimum atomic E-state index is 0.234. The molecule has 1 aliphatic heterocycles. The van der Waals surface area contributed by atoms with E-state index in [2.05, 4.69) is 24.1 Å². The molecule has 0 aliphatic carbocycles. The Morgan fingerprint density at radius 1 is 1.28 bits per heavy atom. The molecule has 0 radical (unpaired) electrons. The number of rotatable bonds is 7. The number of benzene rings is 1. The van der Waals surface area contributed by atoms with Gasteiger partial charge in [-0.25, -0.2) is 15.0 Å². The average molecular weight is 393 g/mol. The molecule has 0 saturated carbocycles. The number of hydrogen-bond donors (Lipinski definition) is 2. The Kier molecular flexibility index (Phi) is 5.33. The Bertz CT molecular complexity index is 1030. The number of carbonyl (C=O) groups is 1. The SMILES string of the molecule is CC(C)n1cnc2c(NCCCN3CCCC3=O)nc(-c3cccc(N)c3)nc21. The second kappa shape index (κ2) is 8.06. The van der Waals surface area contributed by atoms with E-state index in [-0.39, 0.29) is 11.9 Å². The van der Waals surface area contributed by atoms with Crippen LogP contribution in [0.3, 0.4) is 0 Å². The molecule has 0 unspecified atom stereocenters. The monoisotopic (exact) mass is 393 g/mol. The van der Waals surface area contributed by atoms with E-state index in [0.717, 1.165) is 42.7 Å². The maximum atomic E-state index is 11.8. The van der Waals surface area contributed by atoms with Crippen molar-refractivity contribution in [2.24, 2.45) is 0 Å². The molecular formula is C21H27N7O. The molecule has 3 N–H and O–H groups in total. The van der Waals surface area contributed by atoms with Crippen molar-refractivity contribution in [1.29, 1.82) is 0 Å². The van der Waals surface area contributed by atoms with Crippen LogP contribution in [0.2, 0.25) is 0 Å². The molecule has 1 aliphatic rings. The van der Waals surface area contributed by atoms with Gasteiger partial charge in [-0.3, -0.25) is 4.79 Å². The fraction of sp³-hybridized carbons (Fsp3) is 0.429. The number of imidazole rings is 1. The van der Waals surface area contributed by atoms with Crippen LogP contribution in [-0.4, -0.2) is 50.0 Å². The van der Waals surface area contributed by atoms with Crippen LogP contribution in [-0.2, 0) is 4.79 Å². The molecule has 29 heavy (non-hydrogen) atoms. The van der Waals surface area contributed by atoms with E-state index in [1.165, 1.54) is 0 Å². The zero-order chi connectivity index (χ0) is 20.4. The third kappa shape index (κ3) is 4.01. The van der Waals surface area contributed by atoms with E-state index in [4.69, 9.17) is 15.7 Å². The minimum absolute atomic E-state index is 0.234. The number of nitrogens with one attached hydrogen (secondary N) is 1. The highest BCUT2D eigenvalue weighted by Gasteiger charge is 2.19. The first-order chi connectivity index (χ1) is 14.0. The van der Waals surface area contributed by atoms with Gasteiger partial charge in [0.1, 0.15) is 5.52 Å². The molecule has 3 aromatic rings. The Balaban J connectivity index is 1.60. The molecule has 1 saturated heterocycles. The quantitative estimate of drug-likeness (QED) is 0.472. The van der Waals surface area contributed by atoms with Crippen molar-refractivity contribution in [2.75, 3.05) is 30.7 Å². The summed E-state index contributed by atoms with van der Waals surface area (Å²) in [5.41, 5.74) is 9.05. The van der Waals surface area contributed by atoms with Gasteiger partial charge in [-0.2, -0.15) is 0 Å². The molecule has 1 fully saturated rings. The fourth-order valence-electron chi connectivity index (χ4n) is 3.64. The molecule has 4 rings (SSSR count). The number of nitrogen functional groups attached to an aromatic ring is 1. The fourth-order valence-corrected chi connectivity index (χ4v) is 3.64. The van der Waals surface area contributed by atoms with Crippen LogP contribution in [0.15, 0.2) is 30.6 Å². The Labute approximate surface area is 170 Å². The molecular weight excluding hydrogens is 366 g/mol. The minimum Gasteiger partial charge on any atom is -0.399 e. The van der Waals surface area contributed by atoms with Gasteiger partial charge in [-0.05, 0) is 38.8 Å². The van der Waals surface area contributed by atoms with E-state index in [1.54, 1.807) is 6.33 Å². The zero-order valence-corrected chi connectivity index (χ0v) is 16.9. The molecule has 0 bridgehead atoms. The van der Waals surface area contributed by atoms with E-state index in [9.17, 15) is 4.79 Å². The molecule has 0 spiro atoms. The van der Waals surface area contributed by atoms with Crippen LogP contribution in [0, 0.1) is 0 Å². The molecule has 152 valence electrons. The molecule has 3 heterocycles. The molecule has 8 nitrogen and oxygen atoms in total. The highest BCUT2D eigenvalue weighted by Crippen LogP contribution is 2.26. The van der Waals surface area contributed by atoms with Gasteiger partial charge >= 0.3 is 0 Å². The topological polar surface area (TPSA) is 102 Å². The predicted molar refractivity (Wildman–Crippen MR) is 114 cm³/mol. The van der Waals surface area contributed by atoms with Crippen molar-refractivity contribution in [3.8, 4) is 11.4 Å². The van der Waals surface area contributed by atoms with Gasteiger partial charge in [-0.15, -0.1) is 0 Å². The number of nitrogens with zero attached hydrogens (tertiary/aromatic N) is 5. The number of nitrogens with two attached hydrogens (primary N) is 1. The van der Waals surface area contributed by atoms with Gasteiger partial charge in [0, 0.05) is 43.3 Å². The van der Waals surface area contributed by atoms with Crippen LogP contribution in [0.4, 0.5) is 11.5 Å². The summed E-state index contributed by atoms with van der Waals surface area (Å²) in [6, 6.07) is 7.81. The third-order valence-corrected chi connectivity index (χ3v) is 5.19. The van der Waals surface area contributed by atoms with Crippen molar-refractivity contribution < 1.29 is 4.79 Å². The van der Waals surface area contributed by atoms with Gasteiger partial charge in [-0.1, -0.05) is 12.1 Å². The zero-order valence-electron chi connectivity index (χ0n) is 16.9. The maximum absolute atomic E-state index is 11.8. The normalized spacial score (nSPS) is 14.3. The molecule has 1 aromatic carbocycles. The summed E-state index contributed by atoms with van der Waals surface area (Å²) < 4.78 is 2.04. The lowest BCUT2D eigenvalue weighted by atomic mass is 10.2. The third-order valence-electron chi connectivity index (χ3n) is 5.19. The van der Waals surface area contributed by atoms with Crippen LogP contribution in [0.5, 0.6) is 0 Å². The van der Waals surface area contributed by atoms with Gasteiger partial charge in [0.25, 0.3) is 0 Å². The van der Waals surface area contributed by atoms with Crippen molar-refractivity contribution in [3.63, 3.8) is 0 Å². The molecule has 2 aromatic heterocycles. The van der Waals surface area contributed by atoms with Crippen molar-refractivity contribution in [1.82, 2.24) is 24.4 Å². The van der Waals surface area contributed by atoms with Gasteiger partial charge < -0.3 is 20.5 Å². The second-order valence-electron chi connectivity index (χ2n) is 7.70. The average Bonchev–Trinajstić information content (AvgIpc) is 3.31. The lowest BCUT2D eigenvalue weighted by Gasteiger charge is -2.16. The molecule has 8 heteroatoms. The lowest BCUT2D eigenvalue weighted by molar-refractivity contribution is -0.127. The molecule has 0 atom stereocenters. The van der Waals surface area contributed by atoms with Crippen LogP contribution in [0.1, 0.15) is 39.2 Å². The van der Waals surface area contributed by atoms with Gasteiger partial charge in [0.15, 0.2) is 17.3 Å². The Morgan fingerprint density at radius 3 is 2.86 bits per heavy atom. The van der Waals surface area contributed by atoms with E-state index in [1.807, 2.05) is 33.7 Å². The molecule has 1 amide bonds. The van der Waals surface area contributed by atoms with Crippen LogP contribution >= 0.6 is 0 Å². The summed E-state index contributed by atoms with van der Waals surface area (Å²) in [4.78, 5) is 27.8.